The van der Waals surface area contributed by atoms with Crippen LogP contribution in [-0.4, -0.2) is 41.3 Å². The first kappa shape index (κ1) is 21.1. The van der Waals surface area contributed by atoms with Gasteiger partial charge in [-0.3, -0.25) is 0 Å². The molecule has 0 amide bonds. The van der Waals surface area contributed by atoms with E-state index >= 15 is 0 Å². The molecule has 0 radical (unpaired) electrons. The Labute approximate surface area is 177 Å². The van der Waals surface area contributed by atoms with Crippen LogP contribution in [0.4, 0.5) is 30.5 Å². The molecule has 0 spiro atoms. The van der Waals surface area contributed by atoms with Gasteiger partial charge in [-0.25, -0.2) is 28.1 Å². The molecule has 0 saturated carbocycles. The summed E-state index contributed by atoms with van der Waals surface area (Å²) in [6.45, 7) is 5.92. The smallest absolute Gasteiger partial charge is 0.266 e. The van der Waals surface area contributed by atoms with Crippen LogP contribution in [0.1, 0.15) is 36.3 Å². The molecule has 1 aliphatic rings. The number of nitrogens with zero attached hydrogens (tertiary/aromatic N) is 4. The van der Waals surface area contributed by atoms with E-state index in [2.05, 4.69) is 25.2 Å². The van der Waals surface area contributed by atoms with E-state index in [1.165, 1.54) is 12.1 Å². The van der Waals surface area contributed by atoms with E-state index in [4.69, 9.17) is 10.5 Å². The van der Waals surface area contributed by atoms with E-state index in [1.807, 2.05) is 6.07 Å². The van der Waals surface area contributed by atoms with Crippen molar-refractivity contribution in [3.63, 3.8) is 0 Å². The van der Waals surface area contributed by atoms with Gasteiger partial charge in [-0.1, -0.05) is 18.2 Å². The number of benzene rings is 1. The van der Waals surface area contributed by atoms with Crippen LogP contribution in [0.25, 0.3) is 11.0 Å². The van der Waals surface area contributed by atoms with Crippen LogP contribution in [0.15, 0.2) is 24.3 Å². The Hall–Kier alpha value is -3.14. The summed E-state index contributed by atoms with van der Waals surface area (Å²) in [6, 6.07) is 5.20. The SMILES string of the molecule is Cc1nc(N[C@H](C)c2cccc(C(F)F)c2F)c2cc(N3CCOCC3)c(N)nc2n1. The monoisotopic (exact) mass is 432 g/mol. The van der Waals surface area contributed by atoms with Crippen LogP contribution in [0, 0.1) is 12.7 Å². The Morgan fingerprint density at radius 1 is 1.13 bits per heavy atom. The van der Waals surface area contributed by atoms with Gasteiger partial charge in [0.2, 0.25) is 0 Å². The van der Waals surface area contributed by atoms with Crippen LogP contribution >= 0.6 is 0 Å². The van der Waals surface area contributed by atoms with Crippen molar-refractivity contribution >= 4 is 28.4 Å². The van der Waals surface area contributed by atoms with Gasteiger partial charge < -0.3 is 20.7 Å². The molecule has 0 unspecified atom stereocenters. The highest BCUT2D eigenvalue weighted by atomic mass is 19.3. The Morgan fingerprint density at radius 2 is 1.84 bits per heavy atom. The molecule has 1 fully saturated rings. The summed E-state index contributed by atoms with van der Waals surface area (Å²) in [5, 5.41) is 3.75. The van der Waals surface area contributed by atoms with Crippen molar-refractivity contribution in [2.75, 3.05) is 42.3 Å². The van der Waals surface area contributed by atoms with Crippen LogP contribution in [0.3, 0.4) is 0 Å². The van der Waals surface area contributed by atoms with Crippen LogP contribution in [0.5, 0.6) is 0 Å². The summed E-state index contributed by atoms with van der Waals surface area (Å²) in [4.78, 5) is 15.3. The molecule has 3 aromatic rings. The number of morpholine rings is 1. The number of aromatic nitrogens is 3. The zero-order chi connectivity index (χ0) is 22.1. The highest BCUT2D eigenvalue weighted by Crippen LogP contribution is 2.33. The molecule has 164 valence electrons. The lowest BCUT2D eigenvalue weighted by molar-refractivity contribution is 0.123. The van der Waals surface area contributed by atoms with Gasteiger partial charge >= 0.3 is 0 Å². The van der Waals surface area contributed by atoms with Crippen molar-refractivity contribution in [1.29, 1.82) is 0 Å². The van der Waals surface area contributed by atoms with Crippen molar-refractivity contribution < 1.29 is 17.9 Å². The van der Waals surface area contributed by atoms with Crippen molar-refractivity contribution in [1.82, 2.24) is 15.0 Å². The maximum Gasteiger partial charge on any atom is 0.266 e. The molecule has 3 heterocycles. The minimum absolute atomic E-state index is 0.124. The van der Waals surface area contributed by atoms with Gasteiger partial charge in [0, 0.05) is 18.7 Å². The third-order valence-electron chi connectivity index (χ3n) is 5.27. The molecule has 3 N–H and O–H groups in total. The first-order valence-corrected chi connectivity index (χ1v) is 9.95. The molecule has 0 bridgehead atoms. The predicted octanol–water partition coefficient (Wildman–Crippen LogP) is 4.00. The summed E-state index contributed by atoms with van der Waals surface area (Å²) in [5.41, 5.74) is 6.82. The molecule has 1 aromatic carbocycles. The number of anilines is 3. The molecule has 1 atom stereocenters. The van der Waals surface area contributed by atoms with Crippen molar-refractivity contribution in [2.24, 2.45) is 0 Å². The minimum atomic E-state index is -2.89. The topological polar surface area (TPSA) is 89.2 Å². The number of fused-ring (bicyclic) bond motifs is 1. The summed E-state index contributed by atoms with van der Waals surface area (Å²) >= 11 is 0. The standard InChI is InChI=1S/C21H23F3N6O/c1-11(13-4-3-5-14(17(13)22)18(23)24)26-20-15-10-16(30-6-8-31-9-7-30)19(25)29-21(15)28-12(2)27-20/h3-5,10-11,18H,6-9H2,1-2H3,(H3,25,26,27,28,29)/t11-/m1/s1. The average Bonchev–Trinajstić information content (AvgIpc) is 2.73. The van der Waals surface area contributed by atoms with E-state index in [0.29, 0.717) is 54.8 Å². The van der Waals surface area contributed by atoms with Gasteiger partial charge in [0.05, 0.1) is 35.9 Å². The number of nitrogen functional groups attached to an aromatic ring is 1. The van der Waals surface area contributed by atoms with Gasteiger partial charge in [0.15, 0.2) is 5.65 Å². The number of halogens is 3. The van der Waals surface area contributed by atoms with Gasteiger partial charge in [-0.15, -0.1) is 0 Å². The number of alkyl halides is 2. The fourth-order valence-electron chi connectivity index (χ4n) is 3.69. The second-order valence-electron chi connectivity index (χ2n) is 7.40. The third-order valence-corrected chi connectivity index (χ3v) is 5.27. The predicted molar refractivity (Wildman–Crippen MR) is 113 cm³/mol. The molecule has 1 aliphatic heterocycles. The van der Waals surface area contributed by atoms with E-state index in [-0.39, 0.29) is 5.56 Å². The lowest BCUT2D eigenvalue weighted by atomic mass is 10.0. The number of hydrogen-bond acceptors (Lipinski definition) is 7. The number of rotatable bonds is 5. The Kier molecular flexibility index (Phi) is 5.81. The zero-order valence-electron chi connectivity index (χ0n) is 17.2. The maximum atomic E-state index is 14.6. The molecule has 31 heavy (non-hydrogen) atoms. The van der Waals surface area contributed by atoms with Crippen molar-refractivity contribution in [2.45, 2.75) is 26.3 Å². The quantitative estimate of drug-likeness (QED) is 0.630. The number of hydrogen-bond donors (Lipinski definition) is 2. The van der Waals surface area contributed by atoms with Crippen LogP contribution in [0.2, 0.25) is 0 Å². The van der Waals surface area contributed by atoms with E-state index in [0.717, 1.165) is 11.8 Å². The lowest BCUT2D eigenvalue weighted by Gasteiger charge is -2.29. The van der Waals surface area contributed by atoms with Gasteiger partial charge in [-0.2, -0.15) is 0 Å². The van der Waals surface area contributed by atoms with Crippen molar-refractivity contribution in [3.8, 4) is 0 Å². The summed E-state index contributed by atoms with van der Waals surface area (Å²) in [6.07, 6.45) is -2.89. The first-order valence-electron chi connectivity index (χ1n) is 9.95. The molecule has 7 nitrogen and oxygen atoms in total. The van der Waals surface area contributed by atoms with Crippen LogP contribution in [-0.2, 0) is 4.74 Å². The van der Waals surface area contributed by atoms with Gasteiger partial charge in [-0.05, 0) is 19.9 Å². The maximum absolute atomic E-state index is 14.6. The number of aryl methyl sites for hydroxylation is 1. The molecule has 0 aliphatic carbocycles. The molecule has 2 aromatic heterocycles. The Balaban J connectivity index is 1.74. The van der Waals surface area contributed by atoms with E-state index in [9.17, 15) is 13.2 Å². The fraction of sp³-hybridized carbons (Fsp3) is 0.381. The first-order chi connectivity index (χ1) is 14.8. The Morgan fingerprint density at radius 3 is 2.55 bits per heavy atom. The van der Waals surface area contributed by atoms with E-state index < -0.39 is 23.8 Å². The minimum Gasteiger partial charge on any atom is -0.382 e. The van der Waals surface area contributed by atoms with Gasteiger partial charge in [0.1, 0.15) is 23.3 Å². The summed E-state index contributed by atoms with van der Waals surface area (Å²) in [5.74, 6) is 0.306. The van der Waals surface area contributed by atoms with E-state index in [1.54, 1.807) is 13.8 Å². The Bertz CT molecular complexity index is 1100. The summed E-state index contributed by atoms with van der Waals surface area (Å²) in [7, 11) is 0. The second kappa shape index (κ2) is 8.54. The molecular formula is C21H23F3N6O. The number of nitrogens with two attached hydrogens (primary N) is 1. The fourth-order valence-corrected chi connectivity index (χ4v) is 3.69. The highest BCUT2D eigenvalue weighted by Gasteiger charge is 2.22. The molecule has 4 rings (SSSR count). The zero-order valence-corrected chi connectivity index (χ0v) is 17.2. The molecular weight excluding hydrogens is 409 g/mol. The van der Waals surface area contributed by atoms with Gasteiger partial charge in [0.25, 0.3) is 6.43 Å². The van der Waals surface area contributed by atoms with Crippen LogP contribution < -0.4 is 16.0 Å². The normalized spacial score (nSPS) is 15.5. The second-order valence-corrected chi connectivity index (χ2v) is 7.40. The number of nitrogens with one attached hydrogen (secondary N) is 1. The third kappa shape index (κ3) is 4.20. The van der Waals surface area contributed by atoms with Crippen molar-refractivity contribution in [3.05, 3.63) is 47.0 Å². The highest BCUT2D eigenvalue weighted by molar-refractivity contribution is 5.92. The lowest BCUT2D eigenvalue weighted by Crippen LogP contribution is -2.36. The largest absolute Gasteiger partial charge is 0.382 e. The average molecular weight is 432 g/mol. The summed E-state index contributed by atoms with van der Waals surface area (Å²) < 4.78 is 46.2. The number of pyridine rings is 1. The molecule has 1 saturated heterocycles. The molecule has 10 heteroatoms. The number of ether oxygens (including phenoxy) is 1.